The highest BCUT2D eigenvalue weighted by molar-refractivity contribution is 5.85. The fraction of sp³-hybridized carbons (Fsp3) is 0.500. The smallest absolute Gasteiger partial charge is 0.331 e. The van der Waals surface area contributed by atoms with E-state index >= 15 is 0 Å². The van der Waals surface area contributed by atoms with Crippen LogP contribution >= 0.6 is 0 Å². The third-order valence-corrected chi connectivity index (χ3v) is 1.44. The Hall–Kier alpha value is -1.99. The molecule has 0 fully saturated rings. The molecule has 0 spiro atoms. The van der Waals surface area contributed by atoms with Gasteiger partial charge in [-0.05, 0) is 0 Å². The van der Waals surface area contributed by atoms with E-state index in [9.17, 15) is 25.0 Å². The zero-order valence-corrected chi connectivity index (χ0v) is 7.08. The summed E-state index contributed by atoms with van der Waals surface area (Å²) in [5.74, 6) is -1.39. The number of hydrogen-bond acceptors (Lipinski definition) is 5. The molecule has 8 nitrogen and oxygen atoms in total. The third-order valence-electron chi connectivity index (χ3n) is 1.44. The summed E-state index contributed by atoms with van der Waals surface area (Å²) in [4.78, 5) is 28.8. The van der Waals surface area contributed by atoms with Crippen molar-refractivity contribution in [2.45, 2.75) is 12.5 Å². The molecule has 0 aromatic heterocycles. The largest absolute Gasteiger partial charge is 0.478 e. The second-order valence-electron chi connectivity index (χ2n) is 2.57. The first-order chi connectivity index (χ1) is 6.34. The van der Waals surface area contributed by atoms with Crippen molar-refractivity contribution in [2.75, 3.05) is 6.54 Å². The van der Waals surface area contributed by atoms with Gasteiger partial charge in [0.2, 0.25) is 0 Å². The summed E-state index contributed by atoms with van der Waals surface area (Å²) in [6.45, 7) is 2.15. The van der Waals surface area contributed by atoms with E-state index in [1.54, 1.807) is 0 Å². The van der Waals surface area contributed by atoms with Crippen LogP contribution in [-0.4, -0.2) is 33.5 Å². The molecule has 0 aliphatic carbocycles. The fourth-order valence-electron chi connectivity index (χ4n) is 0.750. The summed E-state index contributed by atoms with van der Waals surface area (Å²) in [6, 6.07) is -1.53. The zero-order chi connectivity index (χ0) is 11.3. The Kier molecular flexibility index (Phi) is 4.20. The molecule has 0 aliphatic heterocycles. The van der Waals surface area contributed by atoms with Crippen LogP contribution in [0.3, 0.4) is 0 Å². The molecule has 0 radical (unpaired) electrons. The van der Waals surface area contributed by atoms with Gasteiger partial charge in [-0.15, -0.1) is 0 Å². The van der Waals surface area contributed by atoms with Crippen LogP contribution in [0.25, 0.3) is 0 Å². The second-order valence-corrected chi connectivity index (χ2v) is 2.57. The summed E-state index contributed by atoms with van der Waals surface area (Å²) in [5.41, 5.74) is -0.409. The van der Waals surface area contributed by atoms with Gasteiger partial charge < -0.3 is 5.11 Å². The van der Waals surface area contributed by atoms with Gasteiger partial charge in [-0.3, -0.25) is 20.2 Å². The molecule has 1 unspecified atom stereocenters. The van der Waals surface area contributed by atoms with Gasteiger partial charge in [0.25, 0.3) is 12.6 Å². The quantitative estimate of drug-likeness (QED) is 0.367. The molecule has 0 rings (SSSR count). The first-order valence-corrected chi connectivity index (χ1v) is 3.51. The van der Waals surface area contributed by atoms with Crippen molar-refractivity contribution in [3.05, 3.63) is 32.4 Å². The fourth-order valence-corrected chi connectivity index (χ4v) is 0.750. The highest BCUT2D eigenvalue weighted by Crippen LogP contribution is 2.06. The topological polar surface area (TPSA) is 124 Å². The first kappa shape index (κ1) is 12.0. The zero-order valence-electron chi connectivity index (χ0n) is 7.08. The van der Waals surface area contributed by atoms with E-state index in [1.165, 1.54) is 0 Å². The minimum atomic E-state index is -1.53. The number of nitro groups is 2. The number of aliphatic carboxylic acids is 1. The van der Waals surface area contributed by atoms with E-state index in [4.69, 9.17) is 5.11 Å². The average Bonchev–Trinajstić information content (AvgIpc) is 2.01. The van der Waals surface area contributed by atoms with Crippen LogP contribution in [0.1, 0.15) is 6.42 Å². The maximum absolute atomic E-state index is 10.3. The van der Waals surface area contributed by atoms with Crippen molar-refractivity contribution in [1.82, 2.24) is 0 Å². The molecule has 8 heteroatoms. The van der Waals surface area contributed by atoms with Crippen LogP contribution in [-0.2, 0) is 4.79 Å². The number of rotatable bonds is 6. The molecule has 1 N–H and O–H groups in total. The summed E-state index contributed by atoms with van der Waals surface area (Å²) < 4.78 is 0. The molecule has 0 heterocycles. The van der Waals surface area contributed by atoms with E-state index in [2.05, 4.69) is 6.58 Å². The Balaban J connectivity index is 4.38. The summed E-state index contributed by atoms with van der Waals surface area (Å²) in [7, 11) is 0. The van der Waals surface area contributed by atoms with E-state index < -0.39 is 40.4 Å². The summed E-state index contributed by atoms with van der Waals surface area (Å²) >= 11 is 0. The molecule has 0 aliphatic rings. The molecule has 0 saturated carbocycles. The summed E-state index contributed by atoms with van der Waals surface area (Å²) in [5, 5.41) is 28.6. The first-order valence-electron chi connectivity index (χ1n) is 3.51. The standard InChI is InChI=1S/C6H8N2O6/c1-4(6(9)10)2-5(8(13)14)3-7(11)12/h5H,1-3H2,(H,9,10). The lowest BCUT2D eigenvalue weighted by atomic mass is 10.1. The maximum Gasteiger partial charge on any atom is 0.331 e. The van der Waals surface area contributed by atoms with Gasteiger partial charge >= 0.3 is 5.97 Å². The molecule has 0 saturated heterocycles. The van der Waals surface area contributed by atoms with Crippen LogP contribution in [0, 0.1) is 20.2 Å². The number of carboxylic acids is 1. The van der Waals surface area contributed by atoms with E-state index in [1.807, 2.05) is 0 Å². The van der Waals surface area contributed by atoms with Gasteiger partial charge in [-0.2, -0.15) is 0 Å². The van der Waals surface area contributed by atoms with Crippen molar-refractivity contribution in [3.8, 4) is 0 Å². The van der Waals surface area contributed by atoms with Gasteiger partial charge in [-0.1, -0.05) is 6.58 Å². The molecule has 14 heavy (non-hydrogen) atoms. The van der Waals surface area contributed by atoms with Gasteiger partial charge in [0, 0.05) is 15.4 Å². The lowest BCUT2D eigenvalue weighted by Gasteiger charge is -2.04. The van der Waals surface area contributed by atoms with Crippen molar-refractivity contribution < 1.29 is 19.7 Å². The Labute approximate surface area is 78.1 Å². The number of carboxylic acid groups (broad SMARTS) is 1. The molecule has 0 amide bonds. The van der Waals surface area contributed by atoms with Gasteiger partial charge in [-0.25, -0.2) is 4.79 Å². The molecule has 78 valence electrons. The summed E-state index contributed by atoms with van der Waals surface area (Å²) in [6.07, 6.45) is -0.524. The van der Waals surface area contributed by atoms with E-state index in [0.29, 0.717) is 0 Å². The van der Waals surface area contributed by atoms with E-state index in [-0.39, 0.29) is 0 Å². The number of hydrogen-bond donors (Lipinski definition) is 1. The van der Waals surface area contributed by atoms with Crippen molar-refractivity contribution in [2.24, 2.45) is 0 Å². The minimum absolute atomic E-state index is 0.409. The predicted octanol–water partition coefficient (Wildman–Crippen LogP) is -0.0607. The van der Waals surface area contributed by atoms with Gasteiger partial charge in [0.05, 0.1) is 6.42 Å². The molecule has 1 atom stereocenters. The Morgan fingerprint density at radius 2 is 1.93 bits per heavy atom. The Morgan fingerprint density at radius 1 is 1.43 bits per heavy atom. The van der Waals surface area contributed by atoms with Crippen LogP contribution in [0.5, 0.6) is 0 Å². The van der Waals surface area contributed by atoms with Crippen LogP contribution < -0.4 is 0 Å². The molecule has 0 bridgehead atoms. The molecule has 0 aromatic carbocycles. The highest BCUT2D eigenvalue weighted by atomic mass is 16.6. The van der Waals surface area contributed by atoms with Crippen LogP contribution in [0.15, 0.2) is 12.2 Å². The van der Waals surface area contributed by atoms with Crippen LogP contribution in [0.2, 0.25) is 0 Å². The molecular formula is C6H8N2O6. The Bertz CT molecular complexity index is 286. The lowest BCUT2D eigenvalue weighted by Crippen LogP contribution is -2.29. The minimum Gasteiger partial charge on any atom is -0.478 e. The monoisotopic (exact) mass is 204 g/mol. The SMILES string of the molecule is C=C(CC(C[N+](=O)[O-])[N+](=O)[O-])C(=O)O. The van der Waals surface area contributed by atoms with Crippen molar-refractivity contribution in [1.29, 1.82) is 0 Å². The third kappa shape index (κ3) is 4.14. The number of carbonyl (C=O) groups is 1. The number of nitrogens with zero attached hydrogens (tertiary/aromatic N) is 2. The predicted molar refractivity (Wildman–Crippen MR) is 44.0 cm³/mol. The van der Waals surface area contributed by atoms with E-state index in [0.717, 1.165) is 0 Å². The van der Waals surface area contributed by atoms with Gasteiger partial charge in [0.1, 0.15) is 0 Å². The van der Waals surface area contributed by atoms with Gasteiger partial charge in [0.15, 0.2) is 0 Å². The molecule has 0 aromatic rings. The normalized spacial score (nSPS) is 11.7. The van der Waals surface area contributed by atoms with Crippen molar-refractivity contribution in [3.63, 3.8) is 0 Å². The maximum atomic E-state index is 10.3. The van der Waals surface area contributed by atoms with Crippen LogP contribution in [0.4, 0.5) is 0 Å². The second kappa shape index (κ2) is 4.90. The molecular weight excluding hydrogens is 196 g/mol. The lowest BCUT2D eigenvalue weighted by molar-refractivity contribution is -0.587. The Morgan fingerprint density at radius 3 is 2.21 bits per heavy atom. The van der Waals surface area contributed by atoms with Crippen molar-refractivity contribution >= 4 is 5.97 Å². The highest BCUT2D eigenvalue weighted by Gasteiger charge is 2.28. The average molecular weight is 204 g/mol.